The predicted molar refractivity (Wildman–Crippen MR) is 68.8 cm³/mol. The molecule has 4 N–H and O–H groups in total. The van der Waals surface area contributed by atoms with Crippen molar-refractivity contribution in [3.8, 4) is 0 Å². The molecule has 0 aliphatic rings. The summed E-state index contributed by atoms with van der Waals surface area (Å²) in [5, 5.41) is 11.5. The van der Waals surface area contributed by atoms with Crippen LogP contribution in [0.15, 0.2) is 12.1 Å². The van der Waals surface area contributed by atoms with Crippen LogP contribution in [0.3, 0.4) is 0 Å². The van der Waals surface area contributed by atoms with Crippen molar-refractivity contribution in [3.05, 3.63) is 29.1 Å². The summed E-state index contributed by atoms with van der Waals surface area (Å²) in [7, 11) is 0. The van der Waals surface area contributed by atoms with Gasteiger partial charge in [-0.1, -0.05) is 0 Å². The van der Waals surface area contributed by atoms with Gasteiger partial charge in [0.1, 0.15) is 5.82 Å². The zero-order chi connectivity index (χ0) is 13.7. The highest BCUT2D eigenvalue weighted by Crippen LogP contribution is 2.17. The molecule has 4 nitrogen and oxygen atoms in total. The summed E-state index contributed by atoms with van der Waals surface area (Å²) in [5.74, 6) is -0.790. The molecule has 0 radical (unpaired) electrons. The third-order valence-electron chi connectivity index (χ3n) is 2.76. The highest BCUT2D eigenvalue weighted by Gasteiger charge is 2.14. The van der Waals surface area contributed by atoms with Crippen molar-refractivity contribution in [1.29, 1.82) is 0 Å². The van der Waals surface area contributed by atoms with E-state index in [9.17, 15) is 9.18 Å². The van der Waals surface area contributed by atoms with Gasteiger partial charge in [0.2, 0.25) is 0 Å². The second-order valence-electron chi connectivity index (χ2n) is 4.43. The van der Waals surface area contributed by atoms with Crippen molar-refractivity contribution in [2.45, 2.75) is 32.7 Å². The highest BCUT2D eigenvalue weighted by atomic mass is 19.1. The fourth-order valence-corrected chi connectivity index (χ4v) is 1.71. The number of amides is 1. The molecule has 1 aromatic rings. The lowest BCUT2D eigenvalue weighted by Crippen LogP contribution is -2.33. The number of aryl methyl sites for hydroxylation is 1. The van der Waals surface area contributed by atoms with Crippen molar-refractivity contribution < 1.29 is 14.3 Å². The number of nitrogens with two attached hydrogens (primary N) is 1. The number of rotatable bonds is 5. The van der Waals surface area contributed by atoms with E-state index in [2.05, 4.69) is 5.32 Å². The van der Waals surface area contributed by atoms with Gasteiger partial charge in [-0.3, -0.25) is 4.79 Å². The fraction of sp³-hybridized carbons (Fsp3) is 0.462. The average Bonchev–Trinajstić information content (AvgIpc) is 2.31. The zero-order valence-corrected chi connectivity index (χ0v) is 10.7. The molecule has 1 atom stereocenters. The zero-order valence-electron chi connectivity index (χ0n) is 10.7. The Kier molecular flexibility index (Phi) is 5.09. The maximum Gasteiger partial charge on any atom is 0.251 e. The van der Waals surface area contributed by atoms with Gasteiger partial charge in [-0.25, -0.2) is 4.39 Å². The summed E-state index contributed by atoms with van der Waals surface area (Å²) in [6, 6.07) is 2.55. The maximum absolute atomic E-state index is 13.2. The van der Waals surface area contributed by atoms with Crippen LogP contribution in [0.2, 0.25) is 0 Å². The van der Waals surface area contributed by atoms with Crippen LogP contribution in [0.25, 0.3) is 0 Å². The van der Waals surface area contributed by atoms with Gasteiger partial charge in [0.05, 0.1) is 5.69 Å². The number of nitrogens with one attached hydrogen (secondary N) is 1. The molecule has 0 aromatic heterocycles. The lowest BCUT2D eigenvalue weighted by atomic mass is 10.1. The molecule has 1 aromatic carbocycles. The fourth-order valence-electron chi connectivity index (χ4n) is 1.71. The Labute approximate surface area is 106 Å². The van der Waals surface area contributed by atoms with E-state index in [0.717, 1.165) is 0 Å². The molecular weight excluding hydrogens is 235 g/mol. The van der Waals surface area contributed by atoms with E-state index >= 15 is 0 Å². The van der Waals surface area contributed by atoms with Gasteiger partial charge in [0.15, 0.2) is 0 Å². The van der Waals surface area contributed by atoms with Crippen LogP contribution in [-0.2, 0) is 0 Å². The van der Waals surface area contributed by atoms with Gasteiger partial charge in [-0.05, 0) is 44.4 Å². The van der Waals surface area contributed by atoms with Crippen LogP contribution in [0.1, 0.15) is 35.7 Å². The first-order chi connectivity index (χ1) is 8.45. The van der Waals surface area contributed by atoms with Crippen molar-refractivity contribution >= 4 is 11.6 Å². The van der Waals surface area contributed by atoms with Gasteiger partial charge in [0.25, 0.3) is 5.91 Å². The van der Waals surface area contributed by atoms with E-state index in [1.807, 2.05) is 6.92 Å². The van der Waals surface area contributed by atoms with E-state index in [1.165, 1.54) is 12.1 Å². The Morgan fingerprint density at radius 2 is 2.22 bits per heavy atom. The highest BCUT2D eigenvalue weighted by molar-refractivity contribution is 5.96. The smallest absolute Gasteiger partial charge is 0.251 e. The Morgan fingerprint density at radius 3 is 2.83 bits per heavy atom. The van der Waals surface area contributed by atoms with E-state index in [4.69, 9.17) is 10.8 Å². The second-order valence-corrected chi connectivity index (χ2v) is 4.43. The summed E-state index contributed by atoms with van der Waals surface area (Å²) in [6.07, 6.45) is 1.32. The van der Waals surface area contributed by atoms with Gasteiger partial charge < -0.3 is 16.2 Å². The average molecular weight is 254 g/mol. The minimum Gasteiger partial charge on any atom is -0.396 e. The Morgan fingerprint density at radius 1 is 1.56 bits per heavy atom. The van der Waals surface area contributed by atoms with Gasteiger partial charge in [-0.15, -0.1) is 0 Å². The van der Waals surface area contributed by atoms with Crippen LogP contribution in [0.4, 0.5) is 10.1 Å². The standard InChI is InChI=1S/C13H19FN2O2/c1-8-6-11(14)12(15)7-10(8)13(18)16-9(2)4-3-5-17/h6-7,9,17H,3-5,15H2,1-2H3,(H,16,18). The molecule has 5 heteroatoms. The van der Waals surface area contributed by atoms with E-state index in [0.29, 0.717) is 24.0 Å². The molecule has 0 bridgehead atoms. The summed E-state index contributed by atoms with van der Waals surface area (Å²) in [5.41, 5.74) is 6.35. The molecule has 0 fully saturated rings. The van der Waals surface area contributed by atoms with E-state index < -0.39 is 5.82 Å². The van der Waals surface area contributed by atoms with Crippen LogP contribution < -0.4 is 11.1 Å². The molecule has 0 heterocycles. The number of benzene rings is 1. The Bertz CT molecular complexity index is 435. The number of anilines is 1. The summed E-state index contributed by atoms with van der Waals surface area (Å²) >= 11 is 0. The Hall–Kier alpha value is -1.62. The molecule has 1 unspecified atom stereocenters. The molecule has 0 saturated heterocycles. The molecule has 0 saturated carbocycles. The molecule has 0 spiro atoms. The summed E-state index contributed by atoms with van der Waals surface area (Å²) < 4.78 is 13.2. The number of hydrogen-bond donors (Lipinski definition) is 3. The third kappa shape index (κ3) is 3.70. The third-order valence-corrected chi connectivity index (χ3v) is 2.76. The largest absolute Gasteiger partial charge is 0.396 e. The van der Waals surface area contributed by atoms with Crippen LogP contribution in [0.5, 0.6) is 0 Å². The number of halogens is 1. The maximum atomic E-state index is 13.2. The molecule has 18 heavy (non-hydrogen) atoms. The molecule has 1 rings (SSSR count). The van der Waals surface area contributed by atoms with E-state index in [-0.39, 0.29) is 24.2 Å². The van der Waals surface area contributed by atoms with Crippen molar-refractivity contribution in [2.24, 2.45) is 0 Å². The molecule has 0 aliphatic heterocycles. The van der Waals surface area contributed by atoms with Crippen LogP contribution in [-0.4, -0.2) is 23.7 Å². The first-order valence-electron chi connectivity index (χ1n) is 5.93. The first kappa shape index (κ1) is 14.4. The topological polar surface area (TPSA) is 75.4 Å². The lowest BCUT2D eigenvalue weighted by Gasteiger charge is -2.14. The minimum absolute atomic E-state index is 0.0336. The lowest BCUT2D eigenvalue weighted by molar-refractivity contribution is 0.0936. The van der Waals surface area contributed by atoms with Gasteiger partial charge in [0, 0.05) is 18.2 Å². The monoisotopic (exact) mass is 254 g/mol. The molecule has 100 valence electrons. The van der Waals surface area contributed by atoms with Crippen LogP contribution >= 0.6 is 0 Å². The normalized spacial score (nSPS) is 12.2. The number of aliphatic hydroxyl groups excluding tert-OH is 1. The number of aliphatic hydroxyl groups is 1. The number of hydrogen-bond acceptors (Lipinski definition) is 3. The molecule has 0 aliphatic carbocycles. The number of carbonyl (C=O) groups excluding carboxylic acids is 1. The predicted octanol–water partition coefficient (Wildman–Crippen LogP) is 1.61. The van der Waals surface area contributed by atoms with Crippen LogP contribution in [0, 0.1) is 12.7 Å². The SMILES string of the molecule is Cc1cc(F)c(N)cc1C(=O)NC(C)CCCO. The second kappa shape index (κ2) is 6.35. The van der Waals surface area contributed by atoms with Crippen molar-refractivity contribution in [2.75, 3.05) is 12.3 Å². The van der Waals surface area contributed by atoms with Gasteiger partial charge in [-0.2, -0.15) is 0 Å². The van der Waals surface area contributed by atoms with Gasteiger partial charge >= 0.3 is 0 Å². The summed E-state index contributed by atoms with van der Waals surface area (Å²) in [6.45, 7) is 3.62. The summed E-state index contributed by atoms with van der Waals surface area (Å²) in [4.78, 5) is 12.0. The van der Waals surface area contributed by atoms with Crippen molar-refractivity contribution in [1.82, 2.24) is 5.32 Å². The first-order valence-corrected chi connectivity index (χ1v) is 5.93. The number of carbonyl (C=O) groups is 1. The molecular formula is C13H19FN2O2. The quantitative estimate of drug-likeness (QED) is 0.699. The van der Waals surface area contributed by atoms with Crippen molar-refractivity contribution in [3.63, 3.8) is 0 Å². The molecule has 1 amide bonds. The number of nitrogen functional groups attached to an aromatic ring is 1. The van der Waals surface area contributed by atoms with E-state index in [1.54, 1.807) is 6.92 Å². The Balaban J connectivity index is 2.75. The minimum atomic E-state index is -0.516.